The normalized spacial score (nSPS) is 18.8. The van der Waals surface area contributed by atoms with Gasteiger partial charge in [-0.25, -0.2) is 15.0 Å². The molecule has 9 aromatic rings. The van der Waals surface area contributed by atoms with E-state index >= 15 is 0 Å². The zero-order valence-electron chi connectivity index (χ0n) is 64.0. The van der Waals surface area contributed by atoms with E-state index in [4.69, 9.17) is 54.2 Å². The molecule has 16 rings (SSSR count). The number of likely N-dealkylation sites (N-methyl/N-ethyl adjacent to an activating group) is 1. The molecule has 5 aliphatic heterocycles. The third kappa shape index (κ3) is 17.4. The molecule has 34 heteroatoms. The van der Waals surface area contributed by atoms with Crippen LogP contribution in [0, 0.1) is 22.7 Å². The van der Waals surface area contributed by atoms with Gasteiger partial charge in [0.15, 0.2) is 17.7 Å². The van der Waals surface area contributed by atoms with Gasteiger partial charge in [-0.05, 0) is 131 Å². The average molecular weight is 1610 g/mol. The smallest absolute Gasteiger partial charge is 0.423 e. The number of aliphatic hydroxyl groups excluding tert-OH is 1. The Morgan fingerprint density at radius 3 is 1.70 bits per heavy atom. The van der Waals surface area contributed by atoms with Crippen LogP contribution in [0.2, 0.25) is 5.02 Å². The minimum Gasteiger partial charge on any atom is -0.495 e. The maximum atomic E-state index is 13.9. The Morgan fingerprint density at radius 1 is 0.595 bits per heavy atom. The predicted octanol–water partition coefficient (Wildman–Crippen LogP) is 12.4. The van der Waals surface area contributed by atoms with Crippen molar-refractivity contribution in [3.63, 3.8) is 0 Å². The molecule has 6 aromatic carbocycles. The summed E-state index contributed by atoms with van der Waals surface area (Å²) < 4.78 is 93.1. The Bertz CT molecular complexity index is 5350. The third-order valence-electron chi connectivity index (χ3n) is 20.9. The molecule has 4 saturated heterocycles. The van der Waals surface area contributed by atoms with Crippen molar-refractivity contribution >= 4 is 75.6 Å². The lowest BCUT2D eigenvalue weighted by Gasteiger charge is -2.34. The molecule has 0 radical (unpaired) electrons. The molecular formula is C82H80ClF3N16O14. The van der Waals surface area contributed by atoms with Crippen molar-refractivity contribution < 1.29 is 80.1 Å². The number of aliphatic hydroxyl groups is 1. The van der Waals surface area contributed by atoms with Gasteiger partial charge in [0, 0.05) is 76.1 Å². The summed E-state index contributed by atoms with van der Waals surface area (Å²) in [5.74, 6) is 1.32. The Morgan fingerprint density at radius 2 is 1.11 bits per heavy atom. The van der Waals surface area contributed by atoms with E-state index in [0.29, 0.717) is 106 Å². The van der Waals surface area contributed by atoms with Crippen LogP contribution < -0.4 is 59.3 Å². The van der Waals surface area contributed by atoms with Crippen LogP contribution >= 0.6 is 11.6 Å². The number of likely N-dealkylation sites (tertiary alicyclic amines) is 1. The van der Waals surface area contributed by atoms with Crippen molar-refractivity contribution in [3.05, 3.63) is 182 Å². The van der Waals surface area contributed by atoms with Crippen molar-refractivity contribution in [2.45, 2.75) is 88.1 Å². The quantitative estimate of drug-likeness (QED) is 0.0473. The lowest BCUT2D eigenvalue weighted by atomic mass is 10.0. The van der Waals surface area contributed by atoms with Crippen LogP contribution in [0.3, 0.4) is 0 Å². The van der Waals surface area contributed by atoms with Crippen molar-refractivity contribution in [2.75, 3.05) is 116 Å². The summed E-state index contributed by atoms with van der Waals surface area (Å²) in [7, 11) is 10.3. The molecule has 0 spiro atoms. The number of anilines is 7. The highest BCUT2D eigenvalue weighted by Crippen LogP contribution is 2.45. The molecule has 4 fully saturated rings. The summed E-state index contributed by atoms with van der Waals surface area (Å²) in [6.45, 7) is 8.00. The van der Waals surface area contributed by atoms with Gasteiger partial charge in [-0.2, -0.15) is 38.6 Å². The number of Topliss-reactive ketones (excluding diaryl/α,β-unsaturated/α-hetero) is 2. The van der Waals surface area contributed by atoms with E-state index < -0.39 is 42.0 Å². The number of carbonyl (C=O) groups excluding carboxylic acids is 4. The van der Waals surface area contributed by atoms with E-state index in [1.165, 1.54) is 37.6 Å². The van der Waals surface area contributed by atoms with Crippen LogP contribution in [0.25, 0.3) is 0 Å². The number of benzene rings is 6. The van der Waals surface area contributed by atoms with Gasteiger partial charge in [-0.3, -0.25) is 19.2 Å². The second kappa shape index (κ2) is 34.7. The first kappa shape index (κ1) is 80.1. The largest absolute Gasteiger partial charge is 0.495 e. The molecule has 5 atom stereocenters. The van der Waals surface area contributed by atoms with Crippen LogP contribution in [0.15, 0.2) is 122 Å². The van der Waals surface area contributed by atoms with E-state index in [2.05, 4.69) is 86.0 Å². The summed E-state index contributed by atoms with van der Waals surface area (Å²) in [5, 5.41) is 41.4. The minimum absolute atomic E-state index is 0.00212. The minimum atomic E-state index is -4.82. The number of amides is 2. The van der Waals surface area contributed by atoms with Crippen LogP contribution in [-0.4, -0.2) is 199 Å². The second-order valence-electron chi connectivity index (χ2n) is 28.3. The van der Waals surface area contributed by atoms with Crippen LogP contribution in [0.1, 0.15) is 113 Å². The fraction of sp³-hybridized carbons (Fsp3) is 0.341. The Hall–Kier alpha value is -12.5. The topological polar surface area (TPSA) is 358 Å². The Balaban J connectivity index is 0.000000144. The standard InChI is InChI=1S/C28H27ClN6O4.C28H27F3N4O7.C26H26N6O3/c1-35-10-8-18(9-11-35)32-26(37)19-12-24(38-2)21(13-20(19)29)33-28-31-15-17(14-30)27(34-28)39-23-5-3-4-16-6-7-22(36)25(16)23;1-13-15-5-4-6-19(22(15)26(37)35(13)2)42-25-16(28(29,30)31)10-32-27(34-25)33-17-8-7-14(9-20(17)38-3)41-21-12-40-23-18(36)11-39-24(21)23;1-31-10-12-32(13-11-31)19-7-8-20(23(14-19)34-2)29-26-28-16-18(15-27)25(30-26)35-22-5-3-4-17-6-9-21(33)24(17)22/h3-5,12-13,15,18H,6-11H2,1-2H3,(H,32,37)(H,31,33,34);4-10,13,18,21,23-24,36H,11-12H2,1-3H3,(H,32,33,34);3-5,7-8,14,16H,6,9-13H2,1-2H3,(H,28,29,30)/t;13?,18-,21-,23-,24-;/m.1./s1. The van der Waals surface area contributed by atoms with Crippen molar-refractivity contribution in [1.82, 2.24) is 49.9 Å². The molecule has 2 amide bonds. The zero-order chi connectivity index (χ0) is 81.6. The Labute approximate surface area is 669 Å². The highest BCUT2D eigenvalue weighted by atomic mass is 35.5. The number of carbonyl (C=O) groups is 4. The van der Waals surface area contributed by atoms with E-state index in [0.717, 1.165) is 68.9 Å². The lowest BCUT2D eigenvalue weighted by Crippen LogP contribution is -2.44. The number of hydrogen-bond acceptors (Lipinski definition) is 28. The number of halogens is 4. The number of aromatic nitrogens is 6. The number of rotatable bonds is 20. The number of nitriles is 2. The zero-order valence-corrected chi connectivity index (χ0v) is 64.8. The first-order valence-electron chi connectivity index (χ1n) is 37.2. The number of hydrogen-bond donors (Lipinski definition) is 5. The van der Waals surface area contributed by atoms with E-state index in [1.807, 2.05) is 49.4 Å². The van der Waals surface area contributed by atoms with Gasteiger partial charge in [0.05, 0.1) is 97.3 Å². The molecule has 1 unspecified atom stereocenters. The number of piperidine rings is 1. The third-order valence-corrected chi connectivity index (χ3v) is 21.2. The average Bonchev–Trinajstić information content (AvgIpc) is 1.59. The van der Waals surface area contributed by atoms with Crippen LogP contribution in [-0.2, 0) is 28.5 Å². The highest BCUT2D eigenvalue weighted by Gasteiger charge is 2.49. The van der Waals surface area contributed by atoms with Crippen molar-refractivity contribution in [1.29, 1.82) is 10.5 Å². The fourth-order valence-corrected chi connectivity index (χ4v) is 14.7. The molecular weight excluding hydrogens is 1530 g/mol. The second-order valence-corrected chi connectivity index (χ2v) is 28.7. The Kier molecular flexibility index (Phi) is 24.0. The molecule has 116 heavy (non-hydrogen) atoms. The predicted molar refractivity (Wildman–Crippen MR) is 417 cm³/mol. The molecule has 600 valence electrons. The first-order chi connectivity index (χ1) is 56.0. The maximum Gasteiger partial charge on any atom is 0.423 e. The van der Waals surface area contributed by atoms with Crippen molar-refractivity contribution in [3.8, 4) is 70.0 Å². The number of aryl methyl sites for hydroxylation is 2. The van der Waals surface area contributed by atoms with Gasteiger partial charge in [-0.15, -0.1) is 0 Å². The van der Waals surface area contributed by atoms with Gasteiger partial charge < -0.3 is 88.6 Å². The summed E-state index contributed by atoms with van der Waals surface area (Å²) in [6, 6.07) is 33.4. The number of nitrogens with zero attached hydrogens (tertiary/aromatic N) is 12. The first-order valence-corrected chi connectivity index (χ1v) is 37.6. The summed E-state index contributed by atoms with van der Waals surface area (Å²) >= 11 is 6.51. The van der Waals surface area contributed by atoms with E-state index in [9.17, 15) is 48.0 Å². The molecule has 5 N–H and O–H groups in total. The number of ketones is 2. The summed E-state index contributed by atoms with van der Waals surface area (Å²) in [4.78, 5) is 84.0. The fourth-order valence-electron chi connectivity index (χ4n) is 14.4. The van der Waals surface area contributed by atoms with E-state index in [-0.39, 0.29) is 106 Å². The van der Waals surface area contributed by atoms with Gasteiger partial charge in [0.2, 0.25) is 35.5 Å². The van der Waals surface area contributed by atoms with E-state index in [1.54, 1.807) is 74.8 Å². The SMILES string of the molecule is COc1cc(C(=O)NC2CCN(C)CC2)c(Cl)cc1Nc1ncc(C#N)c(Oc2cccc3c2C(=O)CC3)n1.COc1cc(N2CCN(C)CC2)ccc1Nc1ncc(C#N)c(Oc2cccc3c2C(=O)CC3)n1.COc1cc(O[C@@H]2CO[C@H]3[C@@H]2OC[C@H]3O)ccc1Nc1ncc(C(F)(F)F)c(Oc2cccc3c2C(=O)N(C)C3C)n1. The van der Waals surface area contributed by atoms with Crippen LogP contribution in [0.4, 0.5) is 53.8 Å². The summed E-state index contributed by atoms with van der Waals surface area (Å²) in [6.07, 6.45) is 0.472. The van der Waals surface area contributed by atoms with Gasteiger partial charge in [0.25, 0.3) is 11.8 Å². The molecule has 7 aliphatic rings. The monoisotopic (exact) mass is 1600 g/mol. The van der Waals surface area contributed by atoms with Gasteiger partial charge in [-0.1, -0.05) is 48.0 Å². The molecule has 0 bridgehead atoms. The number of ether oxygens (including phenoxy) is 9. The molecule has 30 nitrogen and oxygen atoms in total. The van der Waals surface area contributed by atoms with Crippen molar-refractivity contribution in [2.24, 2.45) is 0 Å². The number of fused-ring (bicyclic) bond motifs is 4. The number of alkyl halides is 3. The summed E-state index contributed by atoms with van der Waals surface area (Å²) in [5.41, 5.74) is 5.67. The number of methoxy groups -OCH3 is 3. The molecule has 2 aliphatic carbocycles. The maximum absolute atomic E-state index is 13.9. The molecule has 0 saturated carbocycles. The number of piperazine rings is 1. The lowest BCUT2D eigenvalue weighted by molar-refractivity contribution is -0.139. The van der Waals surface area contributed by atoms with Gasteiger partial charge >= 0.3 is 6.18 Å². The molecule has 8 heterocycles. The highest BCUT2D eigenvalue weighted by molar-refractivity contribution is 6.34. The number of nitrogens with one attached hydrogen (secondary N) is 4. The van der Waals surface area contributed by atoms with Gasteiger partial charge in [0.1, 0.15) is 87.4 Å². The van der Waals surface area contributed by atoms with Crippen LogP contribution in [0.5, 0.6) is 57.9 Å². The molecule has 3 aromatic heterocycles.